The van der Waals surface area contributed by atoms with Gasteiger partial charge in [-0.1, -0.05) is 32.9 Å². The maximum absolute atomic E-state index is 6.08. The van der Waals surface area contributed by atoms with E-state index >= 15 is 0 Å². The first-order valence-electron chi connectivity index (χ1n) is 5.91. The lowest BCUT2D eigenvalue weighted by atomic mass is 9.80. The number of rotatable bonds is 3. The summed E-state index contributed by atoms with van der Waals surface area (Å²) < 4.78 is 1.27. The maximum Gasteiger partial charge on any atom is 0.0942 e. The van der Waals surface area contributed by atoms with Crippen molar-refractivity contribution in [3.63, 3.8) is 0 Å². The van der Waals surface area contributed by atoms with E-state index in [1.165, 1.54) is 9.71 Å². The van der Waals surface area contributed by atoms with E-state index < -0.39 is 0 Å². The number of para-hydroxylation sites is 1. The second-order valence-electron chi connectivity index (χ2n) is 5.50. The van der Waals surface area contributed by atoms with Crippen LogP contribution in [0.4, 0.5) is 0 Å². The van der Waals surface area contributed by atoms with E-state index in [-0.39, 0.29) is 5.41 Å². The molecule has 2 rings (SSSR count). The number of nitrogens with zero attached hydrogens (tertiary/aromatic N) is 1. The van der Waals surface area contributed by atoms with E-state index in [0.29, 0.717) is 11.8 Å². The molecule has 17 heavy (non-hydrogen) atoms. The van der Waals surface area contributed by atoms with Gasteiger partial charge >= 0.3 is 0 Å². The average molecular weight is 268 g/mol. The largest absolute Gasteiger partial charge is 0.241 e. The topological polar surface area (TPSA) is 12.9 Å². The van der Waals surface area contributed by atoms with E-state index in [1.807, 2.05) is 6.07 Å². The molecule has 1 aromatic heterocycles. The minimum atomic E-state index is 0.236. The molecule has 0 aliphatic carbocycles. The zero-order chi connectivity index (χ0) is 12.5. The molecule has 2 aromatic rings. The Hall–Kier alpha value is -0.600. The normalized spacial score (nSPS) is 14.1. The Bertz CT molecular complexity index is 465. The Morgan fingerprint density at radius 1 is 1.29 bits per heavy atom. The van der Waals surface area contributed by atoms with Gasteiger partial charge in [0, 0.05) is 12.3 Å². The quantitative estimate of drug-likeness (QED) is 0.732. The fourth-order valence-electron chi connectivity index (χ4n) is 1.81. The van der Waals surface area contributed by atoms with Crippen molar-refractivity contribution >= 4 is 33.2 Å². The van der Waals surface area contributed by atoms with Crippen LogP contribution in [0, 0.1) is 11.3 Å². The van der Waals surface area contributed by atoms with Gasteiger partial charge in [-0.3, -0.25) is 0 Å². The van der Waals surface area contributed by atoms with Crippen molar-refractivity contribution in [3.8, 4) is 0 Å². The molecule has 0 aliphatic rings. The summed E-state index contributed by atoms with van der Waals surface area (Å²) in [5.41, 5.74) is 1.34. The summed E-state index contributed by atoms with van der Waals surface area (Å²) >= 11 is 7.86. The van der Waals surface area contributed by atoms with Crippen molar-refractivity contribution in [3.05, 3.63) is 29.3 Å². The molecule has 0 bridgehead atoms. The number of alkyl halides is 1. The monoisotopic (exact) mass is 267 g/mol. The molecule has 3 heteroatoms. The highest BCUT2D eigenvalue weighted by molar-refractivity contribution is 7.18. The molecular formula is C14H18ClNS. The molecule has 0 N–H and O–H groups in total. The molecule has 0 radical (unpaired) electrons. The highest BCUT2D eigenvalue weighted by Gasteiger charge is 2.25. The molecule has 1 nitrogen and oxygen atoms in total. The van der Waals surface area contributed by atoms with Crippen LogP contribution in [0.2, 0.25) is 0 Å². The lowest BCUT2D eigenvalue weighted by Crippen LogP contribution is -2.24. The van der Waals surface area contributed by atoms with Crippen LogP contribution < -0.4 is 0 Å². The first kappa shape index (κ1) is 12.8. The minimum Gasteiger partial charge on any atom is -0.241 e. The molecule has 0 spiro atoms. The molecule has 0 saturated heterocycles. The van der Waals surface area contributed by atoms with Crippen molar-refractivity contribution in [2.75, 3.05) is 5.88 Å². The van der Waals surface area contributed by atoms with Gasteiger partial charge in [-0.25, -0.2) is 4.98 Å². The lowest BCUT2D eigenvalue weighted by Gasteiger charge is -2.28. The van der Waals surface area contributed by atoms with Gasteiger partial charge in [0.2, 0.25) is 0 Å². The third-order valence-corrected chi connectivity index (χ3v) is 4.60. The van der Waals surface area contributed by atoms with Gasteiger partial charge in [0.15, 0.2) is 0 Å². The predicted octanol–water partition coefficient (Wildman–Crippen LogP) is 4.74. The summed E-state index contributed by atoms with van der Waals surface area (Å²) in [5.74, 6) is 1.17. The van der Waals surface area contributed by atoms with Gasteiger partial charge in [0.1, 0.15) is 0 Å². The van der Waals surface area contributed by atoms with Crippen molar-refractivity contribution in [1.82, 2.24) is 4.98 Å². The number of halogens is 1. The molecule has 1 unspecified atom stereocenters. The molecule has 1 atom stereocenters. The number of hydrogen-bond donors (Lipinski definition) is 0. The molecule has 92 valence electrons. The summed E-state index contributed by atoms with van der Waals surface area (Å²) in [6.45, 7) is 6.73. The Labute approximate surface area is 112 Å². The van der Waals surface area contributed by atoms with E-state index in [1.54, 1.807) is 11.3 Å². The van der Waals surface area contributed by atoms with Crippen LogP contribution in [0.5, 0.6) is 0 Å². The average Bonchev–Trinajstić information content (AvgIpc) is 2.66. The second kappa shape index (κ2) is 4.95. The summed E-state index contributed by atoms with van der Waals surface area (Å²) in [7, 11) is 0. The SMILES string of the molecule is CC(C)(C)C(CCl)Cc1nc2ccccc2s1. The Balaban J connectivity index is 2.23. The van der Waals surface area contributed by atoms with Crippen LogP contribution in [0.25, 0.3) is 10.2 Å². The Morgan fingerprint density at radius 2 is 2.00 bits per heavy atom. The molecule has 1 aromatic carbocycles. The number of hydrogen-bond acceptors (Lipinski definition) is 2. The van der Waals surface area contributed by atoms with Crippen LogP contribution in [0.3, 0.4) is 0 Å². The third kappa shape index (κ3) is 2.99. The van der Waals surface area contributed by atoms with Crippen molar-refractivity contribution in [1.29, 1.82) is 0 Å². The highest BCUT2D eigenvalue weighted by Crippen LogP contribution is 2.32. The fourth-order valence-corrected chi connectivity index (χ4v) is 3.43. The summed E-state index contributed by atoms with van der Waals surface area (Å²) in [5, 5.41) is 1.20. The van der Waals surface area contributed by atoms with Gasteiger partial charge < -0.3 is 0 Å². The third-order valence-electron chi connectivity index (χ3n) is 3.17. The smallest absolute Gasteiger partial charge is 0.0942 e. The predicted molar refractivity (Wildman–Crippen MR) is 77.0 cm³/mol. The minimum absolute atomic E-state index is 0.236. The number of thiazole rings is 1. The first-order valence-corrected chi connectivity index (χ1v) is 7.26. The zero-order valence-electron chi connectivity index (χ0n) is 10.5. The van der Waals surface area contributed by atoms with E-state index in [0.717, 1.165) is 11.9 Å². The zero-order valence-corrected chi connectivity index (χ0v) is 12.1. The summed E-state index contributed by atoms with van der Waals surface area (Å²) in [6, 6.07) is 8.30. The molecule has 0 amide bonds. The molecule has 0 fully saturated rings. The van der Waals surface area contributed by atoms with Gasteiger partial charge in [-0.2, -0.15) is 0 Å². The molecular weight excluding hydrogens is 250 g/mol. The highest BCUT2D eigenvalue weighted by atomic mass is 35.5. The first-order chi connectivity index (χ1) is 8.00. The molecule has 0 saturated carbocycles. The number of fused-ring (bicyclic) bond motifs is 1. The fraction of sp³-hybridized carbons (Fsp3) is 0.500. The standard InChI is InChI=1S/C14H18ClNS/c1-14(2,3)10(9-15)8-13-16-11-6-4-5-7-12(11)17-13/h4-7,10H,8-9H2,1-3H3. The van der Waals surface area contributed by atoms with Gasteiger partial charge in [0.25, 0.3) is 0 Å². The van der Waals surface area contributed by atoms with Crippen LogP contribution in [0.1, 0.15) is 25.8 Å². The van der Waals surface area contributed by atoms with Gasteiger partial charge in [-0.15, -0.1) is 22.9 Å². The van der Waals surface area contributed by atoms with E-state index in [9.17, 15) is 0 Å². The van der Waals surface area contributed by atoms with Crippen LogP contribution in [-0.4, -0.2) is 10.9 Å². The van der Waals surface area contributed by atoms with E-state index in [4.69, 9.17) is 11.6 Å². The molecule has 0 aliphatic heterocycles. The van der Waals surface area contributed by atoms with Crippen LogP contribution >= 0.6 is 22.9 Å². The number of aromatic nitrogens is 1. The Kier molecular flexibility index (Phi) is 3.74. The Morgan fingerprint density at radius 3 is 2.59 bits per heavy atom. The van der Waals surface area contributed by atoms with Gasteiger partial charge in [0.05, 0.1) is 15.2 Å². The van der Waals surface area contributed by atoms with Crippen molar-refractivity contribution < 1.29 is 0 Å². The van der Waals surface area contributed by atoms with Crippen molar-refractivity contribution in [2.45, 2.75) is 27.2 Å². The van der Waals surface area contributed by atoms with Crippen LogP contribution in [0.15, 0.2) is 24.3 Å². The molecule has 1 heterocycles. The van der Waals surface area contributed by atoms with Gasteiger partial charge in [-0.05, 0) is 23.5 Å². The summed E-state index contributed by atoms with van der Waals surface area (Å²) in [6.07, 6.45) is 0.979. The second-order valence-corrected chi connectivity index (χ2v) is 6.92. The summed E-state index contributed by atoms with van der Waals surface area (Å²) in [4.78, 5) is 4.67. The lowest BCUT2D eigenvalue weighted by molar-refractivity contribution is 0.263. The maximum atomic E-state index is 6.08. The van der Waals surface area contributed by atoms with Crippen LogP contribution in [-0.2, 0) is 6.42 Å². The van der Waals surface area contributed by atoms with Crippen molar-refractivity contribution in [2.24, 2.45) is 11.3 Å². The number of benzene rings is 1. The van der Waals surface area contributed by atoms with E-state index in [2.05, 4.69) is 44.0 Å².